The summed E-state index contributed by atoms with van der Waals surface area (Å²) in [6, 6.07) is 5.86. The molecule has 2 rings (SSSR count). The lowest BCUT2D eigenvalue weighted by Crippen LogP contribution is -2.16. The second-order valence-corrected chi connectivity index (χ2v) is 9.27. The molecule has 0 bridgehead atoms. The van der Waals surface area contributed by atoms with Crippen LogP contribution in [-0.2, 0) is 0 Å². The van der Waals surface area contributed by atoms with Crippen LogP contribution >= 0.6 is 15.9 Å². The van der Waals surface area contributed by atoms with Crippen molar-refractivity contribution in [3.05, 3.63) is 22.7 Å². The maximum atomic E-state index is 5.02. The van der Waals surface area contributed by atoms with Crippen molar-refractivity contribution in [2.24, 2.45) is 0 Å². The topological polar surface area (TPSA) is 12.5 Å². The Balaban J connectivity index is 0.000000153. The Bertz CT molecular complexity index is 342. The Morgan fingerprint density at radius 2 is 1.73 bits per heavy atom. The number of halogens is 1. The van der Waals surface area contributed by atoms with Gasteiger partial charge < -0.3 is 4.74 Å². The molecule has 15 heavy (non-hydrogen) atoms. The number of rotatable bonds is 0. The first-order valence-electron chi connectivity index (χ1n) is 5.09. The van der Waals surface area contributed by atoms with E-state index in [1.807, 2.05) is 18.2 Å². The van der Waals surface area contributed by atoms with Gasteiger partial charge in [0.25, 0.3) is 0 Å². The van der Waals surface area contributed by atoms with Crippen LogP contribution in [0.1, 0.15) is 20.8 Å². The van der Waals surface area contributed by atoms with Gasteiger partial charge in [0.2, 0.25) is 0 Å². The molecule has 0 aliphatic carbocycles. The minimum atomic E-state index is -0.0502. The van der Waals surface area contributed by atoms with E-state index in [0.717, 1.165) is 16.0 Å². The van der Waals surface area contributed by atoms with Gasteiger partial charge in [0.05, 0.1) is 4.47 Å². The Kier molecular flexibility index (Phi) is 4.01. The van der Waals surface area contributed by atoms with Crippen molar-refractivity contribution in [3.63, 3.8) is 0 Å². The lowest BCUT2D eigenvalue weighted by atomic mass is 10.2. The van der Waals surface area contributed by atoms with E-state index >= 15 is 0 Å². The molecule has 1 aromatic carbocycles. The SMILES string of the molecule is Brc1cccc2c1O2.C[Si](C)C(C)(C)C. The van der Waals surface area contributed by atoms with Crippen molar-refractivity contribution in [2.45, 2.75) is 38.9 Å². The molecule has 0 N–H and O–H groups in total. The van der Waals surface area contributed by atoms with E-state index in [9.17, 15) is 0 Å². The smallest absolute Gasteiger partial charge is 0.184 e. The molecular weight excluding hydrogens is 268 g/mol. The fourth-order valence-electron chi connectivity index (χ4n) is 0.656. The third kappa shape index (κ3) is 3.99. The zero-order chi connectivity index (χ0) is 11.6. The molecular formula is C12H18BrOSi. The van der Waals surface area contributed by atoms with Crippen molar-refractivity contribution in [1.29, 1.82) is 0 Å². The first-order chi connectivity index (χ1) is 6.82. The summed E-state index contributed by atoms with van der Waals surface area (Å²) in [4.78, 5) is 0. The van der Waals surface area contributed by atoms with Gasteiger partial charge in [0, 0.05) is 8.80 Å². The molecule has 1 nitrogen and oxygen atoms in total. The molecule has 0 unspecified atom stereocenters. The molecule has 83 valence electrons. The van der Waals surface area contributed by atoms with E-state index in [1.165, 1.54) is 0 Å². The number of benzene rings is 1. The van der Waals surface area contributed by atoms with Crippen LogP contribution in [0.5, 0.6) is 11.5 Å². The van der Waals surface area contributed by atoms with Crippen LogP contribution in [0.3, 0.4) is 0 Å². The minimum Gasteiger partial charge on any atom is -0.448 e. The first kappa shape index (κ1) is 12.8. The van der Waals surface area contributed by atoms with E-state index in [4.69, 9.17) is 4.74 Å². The molecule has 0 aromatic heterocycles. The Labute approximate surface area is 103 Å². The van der Waals surface area contributed by atoms with Crippen LogP contribution in [0.2, 0.25) is 18.1 Å². The summed E-state index contributed by atoms with van der Waals surface area (Å²) in [5.41, 5.74) is 0. The molecule has 1 heterocycles. The molecule has 0 fully saturated rings. The Morgan fingerprint density at radius 3 is 2.07 bits per heavy atom. The van der Waals surface area contributed by atoms with Gasteiger partial charge in [0.1, 0.15) is 0 Å². The maximum Gasteiger partial charge on any atom is 0.184 e. The van der Waals surface area contributed by atoms with Crippen molar-refractivity contribution >= 4 is 24.7 Å². The number of hydrogen-bond donors (Lipinski definition) is 0. The van der Waals surface area contributed by atoms with Gasteiger partial charge in [-0.05, 0) is 33.1 Å². The molecule has 0 saturated carbocycles. The molecule has 0 amide bonds. The van der Waals surface area contributed by atoms with Crippen LogP contribution in [-0.4, -0.2) is 8.80 Å². The van der Waals surface area contributed by atoms with E-state index < -0.39 is 0 Å². The fourth-order valence-corrected chi connectivity index (χ4v) is 1.09. The van der Waals surface area contributed by atoms with Gasteiger partial charge in [-0.2, -0.15) is 0 Å². The normalized spacial score (nSPS) is 12.5. The quantitative estimate of drug-likeness (QED) is 0.485. The van der Waals surface area contributed by atoms with Crippen molar-refractivity contribution in [1.82, 2.24) is 0 Å². The van der Waals surface area contributed by atoms with Gasteiger partial charge in [-0.1, -0.05) is 39.9 Å². The molecule has 1 aromatic rings. The molecule has 3 heteroatoms. The third-order valence-electron chi connectivity index (χ3n) is 2.60. The summed E-state index contributed by atoms with van der Waals surface area (Å²) < 4.78 is 6.07. The summed E-state index contributed by atoms with van der Waals surface area (Å²) in [6.07, 6.45) is 0. The van der Waals surface area contributed by atoms with E-state index in [0.29, 0.717) is 5.04 Å². The van der Waals surface area contributed by atoms with Crippen LogP contribution in [0.15, 0.2) is 22.7 Å². The monoisotopic (exact) mass is 285 g/mol. The lowest BCUT2D eigenvalue weighted by molar-refractivity contribution is 0.647. The van der Waals surface area contributed by atoms with Crippen LogP contribution in [0, 0.1) is 0 Å². The first-order valence-corrected chi connectivity index (χ1v) is 8.38. The molecule has 1 aliphatic rings. The third-order valence-corrected chi connectivity index (χ3v) is 6.23. The number of fused-ring (bicyclic) bond motifs is 1. The predicted octanol–water partition coefficient (Wildman–Crippen LogP) is 5.10. The Hall–Kier alpha value is -0.283. The van der Waals surface area contributed by atoms with Gasteiger partial charge in [0.15, 0.2) is 11.5 Å². The largest absolute Gasteiger partial charge is 0.448 e. The highest BCUT2D eigenvalue weighted by Gasteiger charge is 2.21. The maximum absolute atomic E-state index is 5.02. The standard InChI is InChI=1S/C6H3BrO.C6H15Si/c7-4-2-1-3-5-6(4)8-5;1-6(2,3)7(4)5/h1-3H;1-5H3. The second kappa shape index (κ2) is 4.70. The van der Waals surface area contributed by atoms with E-state index in [2.05, 4.69) is 49.8 Å². The predicted molar refractivity (Wildman–Crippen MR) is 71.4 cm³/mol. The van der Waals surface area contributed by atoms with Gasteiger partial charge in [-0.25, -0.2) is 0 Å². The van der Waals surface area contributed by atoms with Crippen LogP contribution < -0.4 is 4.74 Å². The zero-order valence-corrected chi connectivity index (χ0v) is 12.6. The highest BCUT2D eigenvalue weighted by molar-refractivity contribution is 9.10. The van der Waals surface area contributed by atoms with Gasteiger partial charge in [-0.3, -0.25) is 0 Å². The molecule has 1 aliphatic heterocycles. The number of para-hydroxylation sites is 1. The summed E-state index contributed by atoms with van der Waals surface area (Å²) in [5, 5.41) is 0.602. The molecule has 0 spiro atoms. The average molecular weight is 286 g/mol. The molecule has 1 radical (unpaired) electrons. The highest BCUT2D eigenvalue weighted by atomic mass is 79.9. The highest BCUT2D eigenvalue weighted by Crippen LogP contribution is 2.49. The number of hydrogen-bond acceptors (Lipinski definition) is 1. The van der Waals surface area contributed by atoms with Crippen molar-refractivity contribution < 1.29 is 4.74 Å². The summed E-state index contributed by atoms with van der Waals surface area (Å²) in [5.74, 6) is 1.99. The fraction of sp³-hybridized carbons (Fsp3) is 0.500. The van der Waals surface area contributed by atoms with Crippen molar-refractivity contribution in [2.75, 3.05) is 0 Å². The lowest BCUT2D eigenvalue weighted by Gasteiger charge is -2.20. The second-order valence-electron chi connectivity index (χ2n) is 4.92. The van der Waals surface area contributed by atoms with Gasteiger partial charge in [-0.15, -0.1) is 0 Å². The molecule has 0 saturated heterocycles. The van der Waals surface area contributed by atoms with Crippen LogP contribution in [0.4, 0.5) is 0 Å². The number of ether oxygens (including phenoxy) is 1. The average Bonchev–Trinajstić information content (AvgIpc) is 2.83. The van der Waals surface area contributed by atoms with E-state index in [1.54, 1.807) is 0 Å². The molecule has 0 atom stereocenters. The van der Waals surface area contributed by atoms with Gasteiger partial charge >= 0.3 is 0 Å². The van der Waals surface area contributed by atoms with E-state index in [-0.39, 0.29) is 8.80 Å². The summed E-state index contributed by atoms with van der Waals surface area (Å²) in [7, 11) is -0.0502. The summed E-state index contributed by atoms with van der Waals surface area (Å²) >= 11 is 3.32. The Morgan fingerprint density at radius 1 is 1.20 bits per heavy atom. The zero-order valence-electron chi connectivity index (χ0n) is 10.0. The van der Waals surface area contributed by atoms with Crippen molar-refractivity contribution in [3.8, 4) is 11.5 Å². The summed E-state index contributed by atoms with van der Waals surface area (Å²) in [6.45, 7) is 11.6. The van der Waals surface area contributed by atoms with Crippen LogP contribution in [0.25, 0.3) is 0 Å². The minimum absolute atomic E-state index is 0.0502.